The first kappa shape index (κ1) is 12.0. The highest BCUT2D eigenvalue weighted by molar-refractivity contribution is 7.80. The maximum absolute atomic E-state index is 12.1. The quantitative estimate of drug-likeness (QED) is 0.833. The van der Waals surface area contributed by atoms with Crippen molar-refractivity contribution in [2.45, 2.75) is 19.3 Å². The van der Waals surface area contributed by atoms with Gasteiger partial charge in [0.05, 0.1) is 0 Å². The number of carbonyl (C=O) groups is 1. The second-order valence-electron chi connectivity index (χ2n) is 4.44. The Morgan fingerprint density at radius 2 is 2.18 bits per heavy atom. The molecular formula is C13H16N2OS. The van der Waals surface area contributed by atoms with Crippen LogP contribution in [0.3, 0.4) is 0 Å². The summed E-state index contributed by atoms with van der Waals surface area (Å²) in [6.45, 7) is 0. The summed E-state index contributed by atoms with van der Waals surface area (Å²) in [4.78, 5) is 14.1. The molecule has 0 radical (unpaired) electrons. The first-order chi connectivity index (χ1) is 8.09. The van der Waals surface area contributed by atoms with Crippen LogP contribution in [0.5, 0.6) is 0 Å². The average molecular weight is 248 g/mol. The van der Waals surface area contributed by atoms with Gasteiger partial charge in [0.1, 0.15) is 4.99 Å². The van der Waals surface area contributed by atoms with Crippen molar-refractivity contribution in [1.82, 2.24) is 0 Å². The van der Waals surface area contributed by atoms with Crippen LogP contribution in [-0.4, -0.2) is 17.9 Å². The van der Waals surface area contributed by atoms with Gasteiger partial charge in [-0.2, -0.15) is 0 Å². The Hall–Kier alpha value is -1.42. The molecule has 0 spiro atoms. The number of carbonyl (C=O) groups excluding carboxylic acids is 1. The highest BCUT2D eigenvalue weighted by atomic mass is 32.1. The van der Waals surface area contributed by atoms with Crippen LogP contribution in [0.2, 0.25) is 0 Å². The SMILES string of the molecule is CN(C(=O)C1CCC1)c1cccc(C(N)=S)c1. The highest BCUT2D eigenvalue weighted by Crippen LogP contribution is 2.29. The Morgan fingerprint density at radius 3 is 2.71 bits per heavy atom. The van der Waals surface area contributed by atoms with Gasteiger partial charge >= 0.3 is 0 Å². The van der Waals surface area contributed by atoms with Crippen molar-refractivity contribution in [1.29, 1.82) is 0 Å². The lowest BCUT2D eigenvalue weighted by molar-refractivity contribution is -0.124. The number of amides is 1. The van der Waals surface area contributed by atoms with Crippen molar-refractivity contribution in [2.24, 2.45) is 11.7 Å². The average Bonchev–Trinajstić information content (AvgIpc) is 2.25. The molecule has 0 saturated heterocycles. The van der Waals surface area contributed by atoms with Gasteiger partial charge in [0.2, 0.25) is 5.91 Å². The number of hydrogen-bond acceptors (Lipinski definition) is 2. The van der Waals surface area contributed by atoms with Gasteiger partial charge in [0.15, 0.2) is 0 Å². The van der Waals surface area contributed by atoms with E-state index in [4.69, 9.17) is 18.0 Å². The molecule has 1 aromatic rings. The zero-order valence-corrected chi connectivity index (χ0v) is 10.7. The van der Waals surface area contributed by atoms with Crippen molar-refractivity contribution in [2.75, 3.05) is 11.9 Å². The van der Waals surface area contributed by atoms with Gasteiger partial charge in [0.25, 0.3) is 0 Å². The van der Waals surface area contributed by atoms with Crippen molar-refractivity contribution >= 4 is 28.8 Å². The van der Waals surface area contributed by atoms with Crippen molar-refractivity contribution in [3.05, 3.63) is 29.8 Å². The number of nitrogens with two attached hydrogens (primary N) is 1. The number of anilines is 1. The van der Waals surface area contributed by atoms with E-state index in [0.717, 1.165) is 30.5 Å². The fourth-order valence-corrected chi connectivity index (χ4v) is 2.05. The smallest absolute Gasteiger partial charge is 0.229 e. The fourth-order valence-electron chi connectivity index (χ4n) is 1.92. The van der Waals surface area contributed by atoms with Crippen LogP contribution < -0.4 is 10.6 Å². The minimum atomic E-state index is 0.191. The predicted octanol–water partition coefficient (Wildman–Crippen LogP) is 2.08. The number of benzene rings is 1. The molecule has 0 aliphatic heterocycles. The number of hydrogen-bond donors (Lipinski definition) is 1. The largest absolute Gasteiger partial charge is 0.389 e. The molecular weight excluding hydrogens is 232 g/mol. The van der Waals surface area contributed by atoms with Crippen LogP contribution in [-0.2, 0) is 4.79 Å². The third kappa shape index (κ3) is 2.47. The predicted molar refractivity (Wildman–Crippen MR) is 73.1 cm³/mol. The van der Waals surface area contributed by atoms with E-state index in [-0.39, 0.29) is 11.8 Å². The van der Waals surface area contributed by atoms with E-state index in [1.54, 1.807) is 11.9 Å². The molecule has 2 N–H and O–H groups in total. The molecule has 0 aromatic heterocycles. The summed E-state index contributed by atoms with van der Waals surface area (Å²) in [6.07, 6.45) is 3.19. The van der Waals surface area contributed by atoms with E-state index in [2.05, 4.69) is 0 Å². The summed E-state index contributed by atoms with van der Waals surface area (Å²) in [5.41, 5.74) is 7.23. The van der Waals surface area contributed by atoms with Gasteiger partial charge in [-0.05, 0) is 25.0 Å². The summed E-state index contributed by atoms with van der Waals surface area (Å²) in [7, 11) is 1.80. The molecule has 1 saturated carbocycles. The second kappa shape index (κ2) is 4.84. The maximum Gasteiger partial charge on any atom is 0.229 e. The van der Waals surface area contributed by atoms with Crippen LogP contribution in [0.25, 0.3) is 0 Å². The van der Waals surface area contributed by atoms with Crippen LogP contribution in [0.4, 0.5) is 5.69 Å². The minimum Gasteiger partial charge on any atom is -0.389 e. The van der Waals surface area contributed by atoms with Crippen molar-refractivity contribution < 1.29 is 4.79 Å². The van der Waals surface area contributed by atoms with E-state index in [0.29, 0.717) is 4.99 Å². The third-order valence-electron chi connectivity index (χ3n) is 3.30. The lowest BCUT2D eigenvalue weighted by Crippen LogP contribution is -2.36. The van der Waals surface area contributed by atoms with Crippen molar-refractivity contribution in [3.63, 3.8) is 0 Å². The molecule has 4 heteroatoms. The molecule has 3 nitrogen and oxygen atoms in total. The summed E-state index contributed by atoms with van der Waals surface area (Å²) in [6, 6.07) is 7.49. The van der Waals surface area contributed by atoms with Gasteiger partial charge < -0.3 is 10.6 Å². The standard InChI is InChI=1S/C13H16N2OS/c1-15(13(16)9-4-2-5-9)11-7-3-6-10(8-11)12(14)17/h3,6-9H,2,4-5H2,1H3,(H2,14,17). The first-order valence-corrected chi connectivity index (χ1v) is 6.18. The number of nitrogens with zero attached hydrogens (tertiary/aromatic N) is 1. The molecule has 0 heterocycles. The van der Waals surface area contributed by atoms with Crippen LogP contribution in [0.15, 0.2) is 24.3 Å². The van der Waals surface area contributed by atoms with E-state index in [1.807, 2.05) is 24.3 Å². The van der Waals surface area contributed by atoms with Crippen molar-refractivity contribution in [3.8, 4) is 0 Å². The number of thiocarbonyl (C=S) groups is 1. The third-order valence-corrected chi connectivity index (χ3v) is 3.54. The Kier molecular flexibility index (Phi) is 3.43. The first-order valence-electron chi connectivity index (χ1n) is 5.77. The summed E-state index contributed by atoms with van der Waals surface area (Å²) >= 11 is 4.93. The van der Waals surface area contributed by atoms with Gasteiger partial charge in [-0.3, -0.25) is 4.79 Å². The lowest BCUT2D eigenvalue weighted by Gasteiger charge is -2.29. The van der Waals surface area contributed by atoms with Gasteiger partial charge in [-0.1, -0.05) is 30.8 Å². The molecule has 0 atom stereocenters. The summed E-state index contributed by atoms with van der Waals surface area (Å²) < 4.78 is 0. The minimum absolute atomic E-state index is 0.191. The molecule has 17 heavy (non-hydrogen) atoms. The van der Waals surface area contributed by atoms with Crippen LogP contribution >= 0.6 is 12.2 Å². The highest BCUT2D eigenvalue weighted by Gasteiger charge is 2.28. The summed E-state index contributed by atoms with van der Waals surface area (Å²) in [5.74, 6) is 0.393. The zero-order valence-electron chi connectivity index (χ0n) is 9.85. The van der Waals surface area contributed by atoms with E-state index in [1.165, 1.54) is 0 Å². The Labute approximate surface area is 107 Å². The molecule has 1 aliphatic carbocycles. The molecule has 0 bridgehead atoms. The van der Waals surface area contributed by atoms with E-state index in [9.17, 15) is 4.79 Å². The molecule has 1 aromatic carbocycles. The van der Waals surface area contributed by atoms with E-state index < -0.39 is 0 Å². The molecule has 1 fully saturated rings. The maximum atomic E-state index is 12.1. The van der Waals surface area contributed by atoms with E-state index >= 15 is 0 Å². The molecule has 1 amide bonds. The molecule has 2 rings (SSSR count). The summed E-state index contributed by atoms with van der Waals surface area (Å²) in [5, 5.41) is 0. The Morgan fingerprint density at radius 1 is 1.47 bits per heavy atom. The van der Waals surface area contributed by atoms with Gasteiger partial charge in [-0.15, -0.1) is 0 Å². The van der Waals surface area contributed by atoms with Gasteiger partial charge in [0, 0.05) is 24.2 Å². The van der Waals surface area contributed by atoms with Gasteiger partial charge in [-0.25, -0.2) is 0 Å². The zero-order chi connectivity index (χ0) is 12.4. The van der Waals surface area contributed by atoms with Crippen LogP contribution in [0.1, 0.15) is 24.8 Å². The topological polar surface area (TPSA) is 46.3 Å². The molecule has 0 unspecified atom stereocenters. The monoisotopic (exact) mass is 248 g/mol. The van der Waals surface area contributed by atoms with Crippen LogP contribution in [0, 0.1) is 5.92 Å². The Balaban J connectivity index is 2.18. The molecule has 1 aliphatic rings. The second-order valence-corrected chi connectivity index (χ2v) is 4.88. The molecule has 90 valence electrons. The normalized spacial score (nSPS) is 15.1. The fraction of sp³-hybridized carbons (Fsp3) is 0.385. The Bertz CT molecular complexity index is 454. The number of rotatable bonds is 3. The lowest BCUT2D eigenvalue weighted by atomic mass is 9.84.